The third kappa shape index (κ3) is 3.68. The van der Waals surface area contributed by atoms with Gasteiger partial charge in [0.25, 0.3) is 5.91 Å². The molecular formula is C14H16N4O2. The van der Waals surface area contributed by atoms with Gasteiger partial charge in [-0.3, -0.25) is 14.3 Å². The molecule has 2 amide bonds. The first kappa shape index (κ1) is 13.8. The normalized spacial score (nSPS) is 10.1. The maximum absolute atomic E-state index is 12.0. The third-order valence-corrected chi connectivity index (χ3v) is 2.66. The van der Waals surface area contributed by atoms with E-state index in [1.54, 1.807) is 35.1 Å². The molecule has 0 aliphatic heterocycles. The number of nitrogens with zero attached hydrogens (tertiary/aromatic N) is 2. The van der Waals surface area contributed by atoms with Gasteiger partial charge < -0.3 is 10.6 Å². The first-order valence-electron chi connectivity index (χ1n) is 6.18. The minimum atomic E-state index is -0.193. The molecule has 2 N–H and O–H groups in total. The van der Waals surface area contributed by atoms with E-state index in [1.807, 2.05) is 13.2 Å². The van der Waals surface area contributed by atoms with Gasteiger partial charge in [0.05, 0.1) is 6.20 Å². The standard InChI is InChI=1S/C14H16N4O2/c1-10(19)17-13-5-3-4-12(6-13)14(20)15-7-11-8-16-18(2)9-11/h3-6,8-9H,7H2,1-2H3,(H,15,20)(H,17,19). The van der Waals surface area contributed by atoms with Crippen LogP contribution in [0.25, 0.3) is 0 Å². The predicted octanol–water partition coefficient (Wildman–Crippen LogP) is 1.31. The number of hydrogen-bond donors (Lipinski definition) is 2. The lowest BCUT2D eigenvalue weighted by Crippen LogP contribution is -2.22. The van der Waals surface area contributed by atoms with E-state index in [-0.39, 0.29) is 11.8 Å². The van der Waals surface area contributed by atoms with E-state index in [1.165, 1.54) is 6.92 Å². The summed E-state index contributed by atoms with van der Waals surface area (Å²) in [5, 5.41) is 9.48. The second-order valence-corrected chi connectivity index (χ2v) is 4.47. The van der Waals surface area contributed by atoms with Gasteiger partial charge in [-0.25, -0.2) is 0 Å². The van der Waals surface area contributed by atoms with Crippen molar-refractivity contribution in [2.45, 2.75) is 13.5 Å². The first-order valence-corrected chi connectivity index (χ1v) is 6.18. The summed E-state index contributed by atoms with van der Waals surface area (Å²) >= 11 is 0. The third-order valence-electron chi connectivity index (χ3n) is 2.66. The number of aryl methyl sites for hydroxylation is 1. The van der Waals surface area contributed by atoms with E-state index in [4.69, 9.17) is 0 Å². The summed E-state index contributed by atoms with van der Waals surface area (Å²) in [7, 11) is 1.82. The molecule has 0 aliphatic carbocycles. The van der Waals surface area contributed by atoms with E-state index >= 15 is 0 Å². The molecule has 0 aliphatic rings. The van der Waals surface area contributed by atoms with Crippen LogP contribution in [0.3, 0.4) is 0 Å². The highest BCUT2D eigenvalue weighted by molar-refractivity contribution is 5.96. The van der Waals surface area contributed by atoms with E-state index in [0.29, 0.717) is 17.8 Å². The van der Waals surface area contributed by atoms with E-state index < -0.39 is 0 Å². The van der Waals surface area contributed by atoms with Crippen LogP contribution < -0.4 is 10.6 Å². The zero-order valence-corrected chi connectivity index (χ0v) is 11.4. The van der Waals surface area contributed by atoms with Gasteiger partial charge in [0.15, 0.2) is 0 Å². The van der Waals surface area contributed by atoms with Crippen molar-refractivity contribution in [2.24, 2.45) is 7.05 Å². The molecule has 0 spiro atoms. The number of carbonyl (C=O) groups excluding carboxylic acids is 2. The topological polar surface area (TPSA) is 76.0 Å². The van der Waals surface area contributed by atoms with Gasteiger partial charge >= 0.3 is 0 Å². The van der Waals surface area contributed by atoms with Gasteiger partial charge in [-0.2, -0.15) is 5.10 Å². The number of amides is 2. The summed E-state index contributed by atoms with van der Waals surface area (Å²) in [4.78, 5) is 23.0. The Morgan fingerprint density at radius 1 is 1.35 bits per heavy atom. The molecule has 0 bridgehead atoms. The largest absolute Gasteiger partial charge is 0.348 e. The minimum absolute atomic E-state index is 0.169. The summed E-state index contributed by atoms with van der Waals surface area (Å²) < 4.78 is 1.68. The zero-order chi connectivity index (χ0) is 14.5. The van der Waals surface area contributed by atoms with E-state index in [2.05, 4.69) is 15.7 Å². The lowest BCUT2D eigenvalue weighted by atomic mass is 10.2. The Hall–Kier alpha value is -2.63. The Balaban J connectivity index is 1.99. The molecule has 0 saturated carbocycles. The predicted molar refractivity (Wildman–Crippen MR) is 75.1 cm³/mol. The summed E-state index contributed by atoms with van der Waals surface area (Å²) in [6.45, 7) is 1.84. The monoisotopic (exact) mass is 272 g/mol. The highest BCUT2D eigenvalue weighted by Gasteiger charge is 2.07. The fourth-order valence-corrected chi connectivity index (χ4v) is 1.79. The molecule has 20 heavy (non-hydrogen) atoms. The van der Waals surface area contributed by atoms with Gasteiger partial charge in [-0.05, 0) is 18.2 Å². The van der Waals surface area contributed by atoms with Gasteiger partial charge in [0.1, 0.15) is 0 Å². The molecule has 2 rings (SSSR count). The van der Waals surface area contributed by atoms with Crippen LogP contribution in [0.1, 0.15) is 22.8 Å². The summed E-state index contributed by atoms with van der Waals surface area (Å²) in [6, 6.07) is 6.80. The van der Waals surface area contributed by atoms with Crippen molar-refractivity contribution in [1.29, 1.82) is 0 Å². The highest BCUT2D eigenvalue weighted by atomic mass is 16.2. The molecule has 0 fully saturated rings. The number of carbonyl (C=O) groups is 2. The van der Waals surface area contributed by atoms with Crippen LogP contribution in [-0.4, -0.2) is 21.6 Å². The molecule has 0 radical (unpaired) electrons. The van der Waals surface area contributed by atoms with Crippen molar-refractivity contribution >= 4 is 17.5 Å². The molecule has 0 atom stereocenters. The smallest absolute Gasteiger partial charge is 0.251 e. The number of hydrogen-bond acceptors (Lipinski definition) is 3. The molecule has 6 nitrogen and oxygen atoms in total. The average Bonchev–Trinajstić information content (AvgIpc) is 2.81. The van der Waals surface area contributed by atoms with Crippen LogP contribution >= 0.6 is 0 Å². The molecule has 0 unspecified atom stereocenters. The number of rotatable bonds is 4. The van der Waals surface area contributed by atoms with Crippen molar-refractivity contribution < 1.29 is 9.59 Å². The zero-order valence-electron chi connectivity index (χ0n) is 11.4. The fourth-order valence-electron chi connectivity index (χ4n) is 1.79. The van der Waals surface area contributed by atoms with Gasteiger partial charge in [0, 0.05) is 43.5 Å². The van der Waals surface area contributed by atoms with Gasteiger partial charge in [0.2, 0.25) is 5.91 Å². The second-order valence-electron chi connectivity index (χ2n) is 4.47. The maximum Gasteiger partial charge on any atom is 0.251 e. The molecule has 6 heteroatoms. The molecule has 104 valence electrons. The molecular weight excluding hydrogens is 256 g/mol. The SMILES string of the molecule is CC(=O)Nc1cccc(C(=O)NCc2cnn(C)c2)c1. The Labute approximate surface area is 116 Å². The number of benzene rings is 1. The Morgan fingerprint density at radius 3 is 2.80 bits per heavy atom. The van der Waals surface area contributed by atoms with Crippen LogP contribution in [0.15, 0.2) is 36.7 Å². The molecule has 0 saturated heterocycles. The van der Waals surface area contributed by atoms with Crippen molar-refractivity contribution in [3.05, 3.63) is 47.8 Å². The van der Waals surface area contributed by atoms with Crippen LogP contribution in [0.4, 0.5) is 5.69 Å². The number of nitrogens with one attached hydrogen (secondary N) is 2. The van der Waals surface area contributed by atoms with Crippen molar-refractivity contribution in [2.75, 3.05) is 5.32 Å². The first-order chi connectivity index (χ1) is 9.54. The van der Waals surface area contributed by atoms with Crippen molar-refractivity contribution in [1.82, 2.24) is 15.1 Å². The van der Waals surface area contributed by atoms with E-state index in [0.717, 1.165) is 5.56 Å². The number of aromatic nitrogens is 2. The fraction of sp³-hybridized carbons (Fsp3) is 0.214. The average molecular weight is 272 g/mol. The van der Waals surface area contributed by atoms with Crippen LogP contribution in [-0.2, 0) is 18.4 Å². The summed E-state index contributed by atoms with van der Waals surface area (Å²) in [5.41, 5.74) is 2.03. The minimum Gasteiger partial charge on any atom is -0.348 e. The van der Waals surface area contributed by atoms with Gasteiger partial charge in [-0.1, -0.05) is 6.07 Å². The lowest BCUT2D eigenvalue weighted by Gasteiger charge is -2.06. The summed E-state index contributed by atoms with van der Waals surface area (Å²) in [5.74, 6) is -0.362. The molecule has 1 aromatic carbocycles. The Morgan fingerprint density at radius 2 is 2.15 bits per heavy atom. The Kier molecular flexibility index (Phi) is 4.14. The van der Waals surface area contributed by atoms with Crippen molar-refractivity contribution in [3.8, 4) is 0 Å². The molecule has 2 aromatic rings. The van der Waals surface area contributed by atoms with Crippen molar-refractivity contribution in [3.63, 3.8) is 0 Å². The lowest BCUT2D eigenvalue weighted by molar-refractivity contribution is -0.114. The molecule has 1 aromatic heterocycles. The van der Waals surface area contributed by atoms with E-state index in [9.17, 15) is 9.59 Å². The van der Waals surface area contributed by atoms with Gasteiger partial charge in [-0.15, -0.1) is 0 Å². The number of anilines is 1. The molecule has 1 heterocycles. The Bertz CT molecular complexity index is 634. The second kappa shape index (κ2) is 6.01. The van der Waals surface area contributed by atoms with Crippen LogP contribution in [0.5, 0.6) is 0 Å². The maximum atomic E-state index is 12.0. The summed E-state index contributed by atoms with van der Waals surface area (Å²) in [6.07, 6.45) is 3.54. The quantitative estimate of drug-likeness (QED) is 0.881. The van der Waals surface area contributed by atoms with Crippen LogP contribution in [0, 0.1) is 0 Å². The van der Waals surface area contributed by atoms with Crippen LogP contribution in [0.2, 0.25) is 0 Å². The highest BCUT2D eigenvalue weighted by Crippen LogP contribution is 2.10.